The van der Waals surface area contributed by atoms with E-state index < -0.39 is 0 Å². The molecule has 0 spiro atoms. The minimum atomic E-state index is 0.926. The van der Waals surface area contributed by atoms with E-state index in [2.05, 4.69) is 15.9 Å². The fourth-order valence-corrected chi connectivity index (χ4v) is 4.35. The zero-order valence-corrected chi connectivity index (χ0v) is 8.39. The predicted molar refractivity (Wildman–Crippen MR) is 49.8 cm³/mol. The highest BCUT2D eigenvalue weighted by Crippen LogP contribution is 2.64. The molecule has 0 aromatic rings. The van der Waals surface area contributed by atoms with Crippen molar-refractivity contribution in [1.29, 1.82) is 0 Å². The van der Waals surface area contributed by atoms with Crippen molar-refractivity contribution < 1.29 is 0 Å². The highest BCUT2D eigenvalue weighted by molar-refractivity contribution is 9.09. The van der Waals surface area contributed by atoms with Crippen molar-refractivity contribution in [1.82, 2.24) is 0 Å². The summed E-state index contributed by atoms with van der Waals surface area (Å²) in [7, 11) is 0. The summed E-state index contributed by atoms with van der Waals surface area (Å²) in [5.74, 6) is 4.51. The first-order valence-corrected chi connectivity index (χ1v) is 5.93. The number of hydrogen-bond acceptors (Lipinski definition) is 0. The minimum absolute atomic E-state index is 0.926. The fraction of sp³-hybridized carbons (Fsp3) is 1.00. The van der Waals surface area contributed by atoms with Crippen LogP contribution in [0.15, 0.2) is 0 Å². The quantitative estimate of drug-likeness (QED) is 0.544. The first kappa shape index (κ1) is 6.94. The molecule has 0 aliphatic heterocycles. The molecule has 0 bridgehead atoms. The molecule has 3 aliphatic carbocycles. The van der Waals surface area contributed by atoms with Gasteiger partial charge in [-0.1, -0.05) is 35.2 Å². The van der Waals surface area contributed by atoms with E-state index >= 15 is 0 Å². The second-order valence-electron chi connectivity index (χ2n) is 4.63. The van der Waals surface area contributed by atoms with Gasteiger partial charge < -0.3 is 0 Å². The van der Waals surface area contributed by atoms with Crippen molar-refractivity contribution in [3.63, 3.8) is 0 Å². The maximum absolute atomic E-state index is 3.81. The van der Waals surface area contributed by atoms with Gasteiger partial charge >= 0.3 is 0 Å². The first-order valence-electron chi connectivity index (χ1n) is 5.02. The zero-order chi connectivity index (χ0) is 7.42. The van der Waals surface area contributed by atoms with E-state index in [4.69, 9.17) is 0 Å². The number of fused-ring (bicyclic) bond motifs is 3. The van der Waals surface area contributed by atoms with Gasteiger partial charge in [0.25, 0.3) is 0 Å². The van der Waals surface area contributed by atoms with Gasteiger partial charge in [-0.25, -0.2) is 0 Å². The Balaban J connectivity index is 1.73. The van der Waals surface area contributed by atoms with E-state index in [0.29, 0.717) is 0 Å². The number of rotatable bonds is 0. The SMILES string of the molecule is BrC1C2CCCCC3CC3C12. The van der Waals surface area contributed by atoms with E-state index in [1.807, 2.05) is 0 Å². The Morgan fingerprint density at radius 3 is 2.73 bits per heavy atom. The molecule has 0 N–H and O–H groups in total. The molecule has 3 saturated carbocycles. The Hall–Kier alpha value is 0.480. The van der Waals surface area contributed by atoms with Crippen molar-refractivity contribution in [2.45, 2.75) is 36.9 Å². The highest BCUT2D eigenvalue weighted by atomic mass is 79.9. The van der Waals surface area contributed by atoms with Crippen LogP contribution in [0.1, 0.15) is 32.1 Å². The Bertz CT molecular complexity index is 174. The van der Waals surface area contributed by atoms with Crippen LogP contribution in [0, 0.1) is 23.7 Å². The summed E-state index contributed by atoms with van der Waals surface area (Å²) in [5, 5.41) is 0. The molecule has 3 fully saturated rings. The van der Waals surface area contributed by atoms with Crippen LogP contribution >= 0.6 is 15.9 Å². The lowest BCUT2D eigenvalue weighted by Gasteiger charge is -2.04. The van der Waals surface area contributed by atoms with E-state index in [0.717, 1.165) is 28.5 Å². The topological polar surface area (TPSA) is 0 Å². The molecule has 5 unspecified atom stereocenters. The summed E-state index contributed by atoms with van der Waals surface area (Å²) in [4.78, 5) is 0.926. The summed E-state index contributed by atoms with van der Waals surface area (Å²) in [5.41, 5.74) is 0. The van der Waals surface area contributed by atoms with Crippen LogP contribution in [0.5, 0.6) is 0 Å². The number of halogens is 1. The molecule has 0 amide bonds. The van der Waals surface area contributed by atoms with Gasteiger partial charge in [-0.05, 0) is 36.5 Å². The van der Waals surface area contributed by atoms with Crippen LogP contribution in [0.25, 0.3) is 0 Å². The molecular weight excluding hydrogens is 200 g/mol. The molecular formula is C10H15Br. The third kappa shape index (κ3) is 0.998. The van der Waals surface area contributed by atoms with E-state index in [9.17, 15) is 0 Å². The van der Waals surface area contributed by atoms with Gasteiger partial charge in [0.05, 0.1) is 0 Å². The maximum Gasteiger partial charge on any atom is 0.0211 e. The van der Waals surface area contributed by atoms with Gasteiger partial charge in [-0.15, -0.1) is 0 Å². The standard InChI is InChI=1S/C10H15Br/c11-10-7-4-2-1-3-6-5-8(6)9(7)10/h6-10H,1-5H2. The van der Waals surface area contributed by atoms with Crippen LogP contribution in [0.3, 0.4) is 0 Å². The molecule has 0 aromatic carbocycles. The van der Waals surface area contributed by atoms with Crippen molar-refractivity contribution in [2.24, 2.45) is 23.7 Å². The molecule has 0 aromatic heterocycles. The lowest BCUT2D eigenvalue weighted by Crippen LogP contribution is -1.94. The van der Waals surface area contributed by atoms with Gasteiger partial charge in [0.2, 0.25) is 0 Å². The predicted octanol–water partition coefficient (Wildman–Crippen LogP) is 3.21. The smallest absolute Gasteiger partial charge is 0.0211 e. The molecule has 0 heterocycles. The lowest BCUT2D eigenvalue weighted by molar-refractivity contribution is 0.467. The van der Waals surface area contributed by atoms with Crippen molar-refractivity contribution >= 4 is 15.9 Å². The Labute approximate surface area is 76.9 Å². The Kier molecular flexibility index (Phi) is 1.42. The Morgan fingerprint density at radius 1 is 1.00 bits per heavy atom. The van der Waals surface area contributed by atoms with Crippen molar-refractivity contribution in [3.05, 3.63) is 0 Å². The van der Waals surface area contributed by atoms with Gasteiger partial charge in [0, 0.05) is 4.83 Å². The second kappa shape index (κ2) is 2.25. The molecule has 1 heteroatoms. The van der Waals surface area contributed by atoms with E-state index in [1.54, 1.807) is 12.8 Å². The van der Waals surface area contributed by atoms with Gasteiger partial charge in [-0.3, -0.25) is 0 Å². The number of alkyl halides is 1. The molecule has 5 atom stereocenters. The van der Waals surface area contributed by atoms with Crippen molar-refractivity contribution in [2.75, 3.05) is 0 Å². The molecule has 3 rings (SSSR count). The normalized spacial score (nSPS) is 60.3. The fourth-order valence-electron chi connectivity index (χ4n) is 3.12. The summed E-state index contributed by atoms with van der Waals surface area (Å²) >= 11 is 3.81. The average molecular weight is 215 g/mol. The molecule has 0 radical (unpaired) electrons. The van der Waals surface area contributed by atoms with Crippen LogP contribution < -0.4 is 0 Å². The van der Waals surface area contributed by atoms with Gasteiger partial charge in [0.1, 0.15) is 0 Å². The molecule has 0 nitrogen and oxygen atoms in total. The molecule has 11 heavy (non-hydrogen) atoms. The first-order chi connectivity index (χ1) is 5.38. The lowest BCUT2D eigenvalue weighted by atomic mass is 10.0. The molecule has 62 valence electrons. The van der Waals surface area contributed by atoms with Crippen LogP contribution in [0.2, 0.25) is 0 Å². The minimum Gasteiger partial charge on any atom is -0.0884 e. The van der Waals surface area contributed by atoms with Crippen LogP contribution in [-0.4, -0.2) is 4.83 Å². The van der Waals surface area contributed by atoms with Crippen LogP contribution in [0.4, 0.5) is 0 Å². The second-order valence-corrected chi connectivity index (χ2v) is 5.69. The average Bonchev–Trinajstić information content (AvgIpc) is 2.77. The molecule has 0 saturated heterocycles. The largest absolute Gasteiger partial charge is 0.0884 e. The third-order valence-electron chi connectivity index (χ3n) is 3.96. The van der Waals surface area contributed by atoms with E-state index in [-0.39, 0.29) is 0 Å². The number of hydrogen-bond donors (Lipinski definition) is 0. The molecule has 3 aliphatic rings. The van der Waals surface area contributed by atoms with Crippen molar-refractivity contribution in [3.8, 4) is 0 Å². The van der Waals surface area contributed by atoms with Crippen LogP contribution in [-0.2, 0) is 0 Å². The summed E-state index contributed by atoms with van der Waals surface area (Å²) in [6.07, 6.45) is 7.66. The van der Waals surface area contributed by atoms with Gasteiger partial charge in [-0.2, -0.15) is 0 Å². The van der Waals surface area contributed by atoms with E-state index in [1.165, 1.54) is 19.3 Å². The van der Waals surface area contributed by atoms with Gasteiger partial charge in [0.15, 0.2) is 0 Å². The third-order valence-corrected chi connectivity index (χ3v) is 5.25. The summed E-state index contributed by atoms with van der Waals surface area (Å²) in [6.45, 7) is 0. The summed E-state index contributed by atoms with van der Waals surface area (Å²) in [6, 6.07) is 0. The zero-order valence-electron chi connectivity index (χ0n) is 6.80. The highest BCUT2D eigenvalue weighted by Gasteiger charge is 2.59. The maximum atomic E-state index is 3.81. The Morgan fingerprint density at radius 2 is 1.82 bits per heavy atom. The monoisotopic (exact) mass is 214 g/mol. The summed E-state index contributed by atoms with van der Waals surface area (Å²) < 4.78 is 0.